The molecule has 2 aliphatic rings. The molecule has 3 heteroatoms. The van der Waals surface area contributed by atoms with Crippen molar-refractivity contribution in [2.75, 3.05) is 19.0 Å². The van der Waals surface area contributed by atoms with Crippen molar-refractivity contribution in [3.63, 3.8) is 0 Å². The highest BCUT2D eigenvalue weighted by molar-refractivity contribution is 5.48. The first kappa shape index (κ1) is 21.9. The number of hydrogen-bond acceptors (Lipinski definition) is 3. The van der Waals surface area contributed by atoms with E-state index < -0.39 is 6.10 Å². The molecule has 2 aromatic rings. The topological polar surface area (TPSA) is 43.7 Å². The fourth-order valence-electron chi connectivity index (χ4n) is 5.26. The average molecular weight is 418 g/mol. The van der Waals surface area contributed by atoms with Crippen LogP contribution in [0.3, 0.4) is 0 Å². The Morgan fingerprint density at radius 3 is 2.61 bits per heavy atom. The monoisotopic (exact) mass is 417 g/mol. The standard InChI is InChI=1S/C28H35NO2/c1-29(2)24-10-6-9-21(17-24)15-22-16-23-19-28(31)26(27(23)18-22)14-13-25(30)12-11-20-7-4-3-5-8-20/h3-10,13-14,16-17,23,25-28,30-31H,11-12,15,18-19H2,1-2H3/t23?,25-,26+,27-,28+/m0/s1. The van der Waals surface area contributed by atoms with Crippen LogP contribution in [0.2, 0.25) is 0 Å². The van der Waals surface area contributed by atoms with Gasteiger partial charge in [-0.2, -0.15) is 0 Å². The number of aryl methyl sites for hydroxylation is 1. The van der Waals surface area contributed by atoms with Crippen molar-refractivity contribution in [2.24, 2.45) is 17.8 Å². The molecule has 4 rings (SSSR count). The van der Waals surface area contributed by atoms with Gasteiger partial charge in [0.25, 0.3) is 0 Å². The summed E-state index contributed by atoms with van der Waals surface area (Å²) in [6.07, 6.45) is 10.1. The SMILES string of the molecule is CN(C)c1cccc(CC2=CC3C[C@@H](O)[C@H](C=C[C@@H](O)CCc4ccccc4)[C@H]3C2)c1. The highest BCUT2D eigenvalue weighted by Gasteiger charge is 2.43. The minimum atomic E-state index is -0.464. The van der Waals surface area contributed by atoms with Crippen molar-refractivity contribution >= 4 is 5.69 Å². The third kappa shape index (κ3) is 5.47. The predicted octanol–water partition coefficient (Wildman–Crippen LogP) is 4.79. The van der Waals surface area contributed by atoms with Crippen LogP contribution in [0.4, 0.5) is 5.69 Å². The summed E-state index contributed by atoms with van der Waals surface area (Å²) in [5.74, 6) is 1.05. The van der Waals surface area contributed by atoms with Crippen LogP contribution >= 0.6 is 0 Å². The Kier molecular flexibility index (Phi) is 6.94. The molecule has 0 aliphatic heterocycles. The van der Waals surface area contributed by atoms with Crippen molar-refractivity contribution in [3.05, 3.63) is 89.5 Å². The molecule has 164 valence electrons. The van der Waals surface area contributed by atoms with Crippen molar-refractivity contribution in [3.8, 4) is 0 Å². The molecule has 2 aromatic carbocycles. The second-order valence-electron chi connectivity index (χ2n) is 9.45. The van der Waals surface area contributed by atoms with Crippen LogP contribution in [0.5, 0.6) is 0 Å². The molecule has 0 bridgehead atoms. The minimum Gasteiger partial charge on any atom is -0.392 e. The molecule has 0 spiro atoms. The number of aliphatic hydroxyl groups excluding tert-OH is 2. The van der Waals surface area contributed by atoms with Gasteiger partial charge in [-0.05, 0) is 67.2 Å². The summed E-state index contributed by atoms with van der Waals surface area (Å²) < 4.78 is 0. The Balaban J connectivity index is 1.33. The van der Waals surface area contributed by atoms with Gasteiger partial charge < -0.3 is 15.1 Å². The highest BCUT2D eigenvalue weighted by Crippen LogP contribution is 2.48. The normalized spacial score (nSPS) is 26.1. The number of anilines is 1. The second kappa shape index (κ2) is 9.84. The van der Waals surface area contributed by atoms with Gasteiger partial charge in [0.1, 0.15) is 0 Å². The van der Waals surface area contributed by atoms with E-state index in [9.17, 15) is 10.2 Å². The van der Waals surface area contributed by atoms with E-state index >= 15 is 0 Å². The van der Waals surface area contributed by atoms with Gasteiger partial charge >= 0.3 is 0 Å². The molecular weight excluding hydrogens is 382 g/mol. The zero-order chi connectivity index (χ0) is 21.8. The van der Waals surface area contributed by atoms with Crippen LogP contribution in [0.1, 0.15) is 30.4 Å². The Labute approximate surface area is 186 Å². The summed E-state index contributed by atoms with van der Waals surface area (Å²) >= 11 is 0. The maximum atomic E-state index is 10.6. The lowest BCUT2D eigenvalue weighted by Gasteiger charge is -2.19. The molecule has 0 aromatic heterocycles. The Morgan fingerprint density at radius 2 is 1.84 bits per heavy atom. The molecule has 2 N–H and O–H groups in total. The quantitative estimate of drug-likeness (QED) is 0.607. The Morgan fingerprint density at radius 1 is 1.06 bits per heavy atom. The van der Waals surface area contributed by atoms with E-state index in [4.69, 9.17) is 0 Å². The van der Waals surface area contributed by atoms with Gasteiger partial charge in [0.15, 0.2) is 0 Å². The van der Waals surface area contributed by atoms with Crippen LogP contribution in [0.25, 0.3) is 0 Å². The summed E-state index contributed by atoms with van der Waals surface area (Å²) in [6.45, 7) is 0. The number of nitrogens with zero attached hydrogens (tertiary/aromatic N) is 1. The molecule has 0 saturated heterocycles. The number of hydrogen-bond donors (Lipinski definition) is 2. The summed E-state index contributed by atoms with van der Waals surface area (Å²) in [5, 5.41) is 21.1. The molecule has 1 fully saturated rings. The van der Waals surface area contributed by atoms with Crippen LogP contribution in [0, 0.1) is 17.8 Å². The first-order valence-corrected chi connectivity index (χ1v) is 11.5. The average Bonchev–Trinajstić information content (AvgIpc) is 3.27. The maximum Gasteiger partial charge on any atom is 0.0724 e. The smallest absolute Gasteiger partial charge is 0.0724 e. The third-order valence-corrected chi connectivity index (χ3v) is 6.94. The molecular formula is C28H35NO2. The van der Waals surface area contributed by atoms with Gasteiger partial charge in [-0.15, -0.1) is 0 Å². The van der Waals surface area contributed by atoms with Gasteiger partial charge in [-0.3, -0.25) is 0 Å². The maximum absolute atomic E-state index is 10.6. The zero-order valence-electron chi connectivity index (χ0n) is 18.7. The van der Waals surface area contributed by atoms with Crippen molar-refractivity contribution in [1.82, 2.24) is 0 Å². The van der Waals surface area contributed by atoms with Gasteiger partial charge in [0, 0.05) is 25.7 Å². The predicted molar refractivity (Wildman–Crippen MR) is 128 cm³/mol. The van der Waals surface area contributed by atoms with Crippen molar-refractivity contribution in [1.29, 1.82) is 0 Å². The minimum absolute atomic E-state index is 0.137. The van der Waals surface area contributed by atoms with Crippen LogP contribution in [-0.2, 0) is 12.8 Å². The number of benzene rings is 2. The number of rotatable bonds is 8. The lowest BCUT2D eigenvalue weighted by molar-refractivity contribution is 0.140. The van der Waals surface area contributed by atoms with Gasteiger partial charge in [-0.25, -0.2) is 0 Å². The first-order chi connectivity index (χ1) is 15.0. The van der Waals surface area contributed by atoms with Gasteiger partial charge in [0.2, 0.25) is 0 Å². The largest absolute Gasteiger partial charge is 0.392 e. The van der Waals surface area contributed by atoms with E-state index in [-0.39, 0.29) is 12.0 Å². The number of aliphatic hydroxyl groups is 2. The van der Waals surface area contributed by atoms with Crippen molar-refractivity contribution in [2.45, 2.75) is 44.3 Å². The summed E-state index contributed by atoms with van der Waals surface area (Å²) in [5.41, 5.74) is 5.32. The van der Waals surface area contributed by atoms with Gasteiger partial charge in [0.05, 0.1) is 12.2 Å². The number of allylic oxidation sites excluding steroid dienone is 2. The van der Waals surface area contributed by atoms with Crippen LogP contribution < -0.4 is 4.90 Å². The first-order valence-electron chi connectivity index (χ1n) is 11.5. The molecule has 31 heavy (non-hydrogen) atoms. The lowest BCUT2D eigenvalue weighted by atomic mass is 9.88. The molecule has 0 amide bonds. The second-order valence-corrected chi connectivity index (χ2v) is 9.45. The van der Waals surface area contributed by atoms with Crippen LogP contribution in [-0.4, -0.2) is 36.5 Å². The summed E-state index contributed by atoms with van der Waals surface area (Å²) in [4.78, 5) is 2.14. The fourth-order valence-corrected chi connectivity index (χ4v) is 5.26. The van der Waals surface area contributed by atoms with E-state index in [1.165, 1.54) is 22.4 Å². The molecule has 0 heterocycles. The van der Waals surface area contributed by atoms with Crippen LogP contribution in [0.15, 0.2) is 78.4 Å². The Bertz CT molecular complexity index is 918. The molecule has 1 saturated carbocycles. The van der Waals surface area contributed by atoms with Crippen molar-refractivity contribution < 1.29 is 10.2 Å². The molecule has 2 aliphatic carbocycles. The molecule has 0 radical (unpaired) electrons. The highest BCUT2D eigenvalue weighted by atomic mass is 16.3. The summed E-state index contributed by atoms with van der Waals surface area (Å²) in [7, 11) is 4.15. The molecule has 3 nitrogen and oxygen atoms in total. The van der Waals surface area contributed by atoms with E-state index in [0.29, 0.717) is 18.3 Å². The van der Waals surface area contributed by atoms with E-state index in [2.05, 4.69) is 67.5 Å². The zero-order valence-corrected chi connectivity index (χ0v) is 18.7. The molecule has 1 unspecified atom stereocenters. The number of fused-ring (bicyclic) bond motifs is 1. The van der Waals surface area contributed by atoms with E-state index in [0.717, 1.165) is 25.7 Å². The molecule has 5 atom stereocenters. The van der Waals surface area contributed by atoms with E-state index in [1.807, 2.05) is 24.3 Å². The Hall–Kier alpha value is -2.36. The van der Waals surface area contributed by atoms with E-state index in [1.54, 1.807) is 0 Å². The van der Waals surface area contributed by atoms with Gasteiger partial charge in [-0.1, -0.05) is 66.3 Å². The lowest BCUT2D eigenvalue weighted by Crippen LogP contribution is -2.18. The fraction of sp³-hybridized carbons (Fsp3) is 0.429. The third-order valence-electron chi connectivity index (χ3n) is 6.94. The summed E-state index contributed by atoms with van der Waals surface area (Å²) in [6, 6.07) is 19.0.